The second-order valence-electron chi connectivity index (χ2n) is 6.66. The second-order valence-corrected chi connectivity index (χ2v) is 6.66. The highest BCUT2D eigenvalue weighted by molar-refractivity contribution is 5.95. The van der Waals surface area contributed by atoms with E-state index in [2.05, 4.69) is 15.3 Å². The Morgan fingerprint density at radius 3 is 2.91 bits per heavy atom. The van der Waals surface area contributed by atoms with E-state index in [-0.39, 0.29) is 5.91 Å². The average Bonchev–Trinajstić information content (AvgIpc) is 3.22. The topological polar surface area (TPSA) is 53.4 Å². The van der Waals surface area contributed by atoms with Crippen molar-refractivity contribution in [2.75, 3.05) is 39.3 Å². The number of nitrogens with one attached hydrogen (secondary N) is 1. The number of fused-ring (bicyclic) bond motifs is 1. The molecule has 0 aromatic carbocycles. The molecule has 1 aromatic heterocycles. The molecule has 6 heteroatoms. The molecule has 1 atom stereocenters. The van der Waals surface area contributed by atoms with Crippen molar-refractivity contribution in [3.63, 3.8) is 0 Å². The van der Waals surface area contributed by atoms with E-state index in [4.69, 9.17) is 0 Å². The highest BCUT2D eigenvalue weighted by Gasteiger charge is 2.33. The van der Waals surface area contributed by atoms with E-state index in [1.807, 2.05) is 9.58 Å². The van der Waals surface area contributed by atoms with Crippen molar-refractivity contribution < 1.29 is 4.79 Å². The zero-order valence-corrected chi connectivity index (χ0v) is 13.1. The minimum absolute atomic E-state index is 0.195. The number of aromatic nitrogens is 2. The highest BCUT2D eigenvalue weighted by Crippen LogP contribution is 2.23. The van der Waals surface area contributed by atoms with Crippen LogP contribution in [0.5, 0.6) is 0 Å². The van der Waals surface area contributed by atoms with Crippen LogP contribution in [0.25, 0.3) is 0 Å². The third kappa shape index (κ3) is 2.54. The summed E-state index contributed by atoms with van der Waals surface area (Å²) in [5.74, 6) is 0.195. The van der Waals surface area contributed by atoms with Crippen LogP contribution < -0.4 is 5.32 Å². The van der Waals surface area contributed by atoms with E-state index in [1.165, 1.54) is 12.8 Å². The van der Waals surface area contributed by atoms with E-state index in [0.717, 1.165) is 69.9 Å². The van der Waals surface area contributed by atoms with Gasteiger partial charge in [-0.2, -0.15) is 5.10 Å². The fourth-order valence-corrected chi connectivity index (χ4v) is 4.04. The first-order valence-electron chi connectivity index (χ1n) is 8.61. The summed E-state index contributed by atoms with van der Waals surface area (Å²) in [7, 11) is 0. The maximum Gasteiger partial charge on any atom is 0.257 e. The van der Waals surface area contributed by atoms with Gasteiger partial charge in [0.25, 0.3) is 5.91 Å². The zero-order valence-electron chi connectivity index (χ0n) is 13.1. The Hall–Kier alpha value is -1.40. The first kappa shape index (κ1) is 14.2. The summed E-state index contributed by atoms with van der Waals surface area (Å²) in [5, 5.41) is 7.80. The standard InChI is InChI=1S/C16H25N5O/c22-16(14-11-18-21-7-2-1-3-15(14)21)20-8-4-13(12-20)19-9-5-17-6-10-19/h11,13,17H,1-10,12H2. The molecule has 120 valence electrons. The Balaban J connectivity index is 1.44. The fourth-order valence-electron chi connectivity index (χ4n) is 4.04. The minimum atomic E-state index is 0.195. The molecule has 2 saturated heterocycles. The van der Waals surface area contributed by atoms with E-state index in [9.17, 15) is 4.79 Å². The minimum Gasteiger partial charge on any atom is -0.337 e. The van der Waals surface area contributed by atoms with Crippen LogP contribution in [0.4, 0.5) is 0 Å². The number of aryl methyl sites for hydroxylation is 1. The molecular weight excluding hydrogens is 278 g/mol. The van der Waals surface area contributed by atoms with E-state index >= 15 is 0 Å². The van der Waals surface area contributed by atoms with Crippen molar-refractivity contribution in [1.82, 2.24) is 24.9 Å². The molecule has 22 heavy (non-hydrogen) atoms. The summed E-state index contributed by atoms with van der Waals surface area (Å²) in [6, 6.07) is 0.539. The van der Waals surface area contributed by atoms with E-state index in [1.54, 1.807) is 6.20 Å². The Bertz CT molecular complexity index is 549. The summed E-state index contributed by atoms with van der Waals surface area (Å²) in [6.45, 7) is 7.09. The smallest absolute Gasteiger partial charge is 0.257 e. The maximum absolute atomic E-state index is 12.9. The van der Waals surface area contributed by atoms with E-state index in [0.29, 0.717) is 6.04 Å². The van der Waals surface area contributed by atoms with E-state index < -0.39 is 0 Å². The van der Waals surface area contributed by atoms with Crippen LogP contribution in [0.3, 0.4) is 0 Å². The highest BCUT2D eigenvalue weighted by atomic mass is 16.2. The van der Waals surface area contributed by atoms with Crippen molar-refractivity contribution in [3.05, 3.63) is 17.5 Å². The number of hydrogen-bond acceptors (Lipinski definition) is 4. The lowest BCUT2D eigenvalue weighted by Crippen LogP contribution is -2.49. The largest absolute Gasteiger partial charge is 0.337 e. The molecule has 1 N–H and O–H groups in total. The third-order valence-electron chi connectivity index (χ3n) is 5.33. The normalized spacial score (nSPS) is 26.2. The summed E-state index contributed by atoms with van der Waals surface area (Å²) in [6.07, 6.45) is 6.25. The van der Waals surface area contributed by atoms with Gasteiger partial charge >= 0.3 is 0 Å². The van der Waals surface area contributed by atoms with Gasteiger partial charge in [0.05, 0.1) is 17.5 Å². The first-order valence-corrected chi connectivity index (χ1v) is 8.61. The molecule has 1 unspecified atom stereocenters. The van der Waals surface area contributed by atoms with Crippen molar-refractivity contribution in [3.8, 4) is 0 Å². The van der Waals surface area contributed by atoms with Gasteiger partial charge in [-0.05, 0) is 25.7 Å². The quantitative estimate of drug-likeness (QED) is 0.856. The predicted molar refractivity (Wildman–Crippen MR) is 83.9 cm³/mol. The number of rotatable bonds is 2. The molecule has 0 bridgehead atoms. The number of nitrogens with zero attached hydrogens (tertiary/aromatic N) is 4. The third-order valence-corrected chi connectivity index (χ3v) is 5.33. The Morgan fingerprint density at radius 2 is 2.05 bits per heavy atom. The summed E-state index contributed by atoms with van der Waals surface area (Å²) >= 11 is 0. The van der Waals surface area contributed by atoms with Crippen LogP contribution in [0, 0.1) is 0 Å². The van der Waals surface area contributed by atoms with Crippen LogP contribution in [-0.4, -0.2) is 70.8 Å². The number of amides is 1. The van der Waals surface area contributed by atoms with Crippen LogP contribution in [0.15, 0.2) is 6.20 Å². The van der Waals surface area contributed by atoms with Crippen molar-refractivity contribution in [2.24, 2.45) is 0 Å². The molecular formula is C16H25N5O. The molecule has 4 rings (SSSR count). The van der Waals surface area contributed by atoms with Gasteiger partial charge in [-0.25, -0.2) is 0 Å². The SMILES string of the molecule is O=C(c1cnn2c1CCCC2)N1CCC(N2CCNCC2)C1. The molecule has 0 saturated carbocycles. The first-order chi connectivity index (χ1) is 10.8. The van der Waals surface area contributed by atoms with Crippen molar-refractivity contribution in [1.29, 1.82) is 0 Å². The molecule has 1 aromatic rings. The molecule has 0 radical (unpaired) electrons. The summed E-state index contributed by atoms with van der Waals surface area (Å²) in [5.41, 5.74) is 2.00. The van der Waals surface area contributed by atoms with Gasteiger partial charge in [0.15, 0.2) is 0 Å². The molecule has 0 spiro atoms. The van der Waals surface area contributed by atoms with Crippen LogP contribution >= 0.6 is 0 Å². The Kier molecular flexibility index (Phi) is 3.88. The summed E-state index contributed by atoms with van der Waals surface area (Å²) in [4.78, 5) is 17.4. The Labute approximate surface area is 131 Å². The second kappa shape index (κ2) is 6.01. The lowest BCUT2D eigenvalue weighted by atomic mass is 10.1. The van der Waals surface area contributed by atoms with Gasteiger partial charge in [-0.3, -0.25) is 14.4 Å². The zero-order chi connectivity index (χ0) is 14.9. The molecule has 2 fully saturated rings. The van der Waals surface area contributed by atoms with Crippen LogP contribution in [0.2, 0.25) is 0 Å². The summed E-state index contributed by atoms with van der Waals surface area (Å²) < 4.78 is 2.03. The number of likely N-dealkylation sites (tertiary alicyclic amines) is 1. The fraction of sp³-hybridized carbons (Fsp3) is 0.750. The lowest BCUT2D eigenvalue weighted by molar-refractivity contribution is 0.0772. The van der Waals surface area contributed by atoms with Crippen LogP contribution in [-0.2, 0) is 13.0 Å². The number of carbonyl (C=O) groups is 1. The van der Waals surface area contributed by atoms with Crippen molar-refractivity contribution >= 4 is 5.91 Å². The molecule has 4 heterocycles. The van der Waals surface area contributed by atoms with Gasteiger partial charge in [0, 0.05) is 51.9 Å². The van der Waals surface area contributed by atoms with Gasteiger partial charge in [0.1, 0.15) is 0 Å². The number of piperazine rings is 1. The number of carbonyl (C=O) groups excluding carboxylic acids is 1. The van der Waals surface area contributed by atoms with Gasteiger partial charge in [-0.15, -0.1) is 0 Å². The van der Waals surface area contributed by atoms with Gasteiger partial charge < -0.3 is 10.2 Å². The Morgan fingerprint density at radius 1 is 1.18 bits per heavy atom. The van der Waals surface area contributed by atoms with Gasteiger partial charge in [0.2, 0.25) is 0 Å². The maximum atomic E-state index is 12.9. The molecule has 6 nitrogen and oxygen atoms in total. The van der Waals surface area contributed by atoms with Gasteiger partial charge in [-0.1, -0.05) is 0 Å². The monoisotopic (exact) mass is 303 g/mol. The predicted octanol–water partition coefficient (Wildman–Crippen LogP) is 0.339. The molecule has 3 aliphatic rings. The molecule has 1 amide bonds. The average molecular weight is 303 g/mol. The van der Waals surface area contributed by atoms with Crippen molar-refractivity contribution in [2.45, 2.75) is 38.3 Å². The molecule has 3 aliphatic heterocycles. The lowest BCUT2D eigenvalue weighted by Gasteiger charge is -2.32. The number of hydrogen-bond donors (Lipinski definition) is 1. The van der Waals surface area contributed by atoms with Crippen LogP contribution in [0.1, 0.15) is 35.3 Å². The molecule has 0 aliphatic carbocycles.